The van der Waals surface area contributed by atoms with Gasteiger partial charge in [0.25, 0.3) is 0 Å². The Morgan fingerprint density at radius 1 is 1.17 bits per heavy atom. The highest BCUT2D eigenvalue weighted by Crippen LogP contribution is 2.29. The summed E-state index contributed by atoms with van der Waals surface area (Å²) < 4.78 is 0. The van der Waals surface area contributed by atoms with Gasteiger partial charge in [-0.1, -0.05) is 51.5 Å². The molecule has 2 unspecified atom stereocenters. The first kappa shape index (κ1) is 13.0. The van der Waals surface area contributed by atoms with E-state index in [9.17, 15) is 0 Å². The van der Waals surface area contributed by atoms with Crippen molar-refractivity contribution in [3.63, 3.8) is 0 Å². The van der Waals surface area contributed by atoms with E-state index in [-0.39, 0.29) is 0 Å². The lowest BCUT2D eigenvalue weighted by Crippen LogP contribution is -2.26. The third kappa shape index (κ3) is 2.54. The van der Waals surface area contributed by atoms with Crippen LogP contribution in [0.1, 0.15) is 38.8 Å². The van der Waals surface area contributed by atoms with Gasteiger partial charge in [-0.2, -0.15) is 0 Å². The molecule has 0 aliphatic carbocycles. The summed E-state index contributed by atoms with van der Waals surface area (Å²) in [4.78, 5) is 4.39. The molecular weight excluding hydrogens is 220 g/mol. The Balaban J connectivity index is 2.49. The summed E-state index contributed by atoms with van der Waals surface area (Å²) in [5.74, 6) is 0.609. The maximum atomic E-state index is 4.39. The van der Waals surface area contributed by atoms with E-state index in [0.717, 1.165) is 6.54 Å². The molecule has 18 heavy (non-hydrogen) atoms. The van der Waals surface area contributed by atoms with Gasteiger partial charge in [0.1, 0.15) is 0 Å². The van der Waals surface area contributed by atoms with Crippen molar-refractivity contribution in [1.29, 1.82) is 0 Å². The fraction of sp³-hybridized carbons (Fsp3) is 0.438. The van der Waals surface area contributed by atoms with Gasteiger partial charge in [0.05, 0.1) is 0 Å². The van der Waals surface area contributed by atoms with E-state index in [1.165, 1.54) is 22.8 Å². The summed E-state index contributed by atoms with van der Waals surface area (Å²) in [5.41, 5.74) is 1.32. The zero-order chi connectivity index (χ0) is 13.0. The minimum atomic E-state index is 0.388. The van der Waals surface area contributed by atoms with Crippen molar-refractivity contribution in [2.45, 2.75) is 33.2 Å². The molecule has 2 nitrogen and oxygen atoms in total. The third-order valence-electron chi connectivity index (χ3n) is 3.67. The van der Waals surface area contributed by atoms with Gasteiger partial charge in [-0.3, -0.25) is 4.98 Å². The van der Waals surface area contributed by atoms with Gasteiger partial charge in [0.15, 0.2) is 0 Å². The summed E-state index contributed by atoms with van der Waals surface area (Å²) in [7, 11) is 0. The quantitative estimate of drug-likeness (QED) is 0.859. The number of nitrogens with one attached hydrogen (secondary N) is 1. The normalized spacial score (nSPS) is 14.6. The Hall–Kier alpha value is -1.41. The van der Waals surface area contributed by atoms with Crippen molar-refractivity contribution in [2.24, 2.45) is 5.92 Å². The van der Waals surface area contributed by atoms with Gasteiger partial charge in [-0.25, -0.2) is 0 Å². The van der Waals surface area contributed by atoms with Crippen molar-refractivity contribution in [1.82, 2.24) is 10.3 Å². The summed E-state index contributed by atoms with van der Waals surface area (Å²) in [6.45, 7) is 7.69. The molecule has 0 spiro atoms. The average molecular weight is 242 g/mol. The number of benzene rings is 1. The predicted octanol–water partition coefficient (Wildman–Crippen LogP) is 3.93. The summed E-state index contributed by atoms with van der Waals surface area (Å²) >= 11 is 0. The number of hydrogen-bond donors (Lipinski definition) is 1. The maximum absolute atomic E-state index is 4.39. The SMILES string of the molecule is CCNC(c1cncc2ccccc12)C(C)CC. The van der Waals surface area contributed by atoms with Crippen molar-refractivity contribution in [3.05, 3.63) is 42.2 Å². The highest BCUT2D eigenvalue weighted by atomic mass is 14.9. The van der Waals surface area contributed by atoms with E-state index < -0.39 is 0 Å². The van der Waals surface area contributed by atoms with E-state index in [1.54, 1.807) is 0 Å². The molecule has 0 saturated heterocycles. The van der Waals surface area contributed by atoms with Crippen LogP contribution in [0.4, 0.5) is 0 Å². The van der Waals surface area contributed by atoms with Gasteiger partial charge in [0.2, 0.25) is 0 Å². The van der Waals surface area contributed by atoms with Gasteiger partial charge >= 0.3 is 0 Å². The number of hydrogen-bond acceptors (Lipinski definition) is 2. The summed E-state index contributed by atoms with van der Waals surface area (Å²) in [5, 5.41) is 6.14. The first-order valence-corrected chi connectivity index (χ1v) is 6.84. The molecule has 0 aliphatic rings. The van der Waals surface area contributed by atoms with Gasteiger partial charge < -0.3 is 5.32 Å². The Morgan fingerprint density at radius 3 is 2.67 bits per heavy atom. The van der Waals surface area contributed by atoms with Crippen LogP contribution < -0.4 is 5.32 Å². The van der Waals surface area contributed by atoms with Crippen molar-refractivity contribution < 1.29 is 0 Å². The molecule has 1 heterocycles. The minimum Gasteiger partial charge on any atom is -0.310 e. The lowest BCUT2D eigenvalue weighted by atomic mass is 9.90. The molecule has 2 heteroatoms. The average Bonchev–Trinajstić information content (AvgIpc) is 2.43. The van der Waals surface area contributed by atoms with Gasteiger partial charge in [-0.15, -0.1) is 0 Å². The lowest BCUT2D eigenvalue weighted by molar-refractivity contribution is 0.385. The zero-order valence-corrected chi connectivity index (χ0v) is 11.5. The largest absolute Gasteiger partial charge is 0.310 e. The molecule has 1 aromatic heterocycles. The summed E-state index contributed by atoms with van der Waals surface area (Å²) in [6, 6.07) is 8.88. The second kappa shape index (κ2) is 5.96. The third-order valence-corrected chi connectivity index (χ3v) is 3.67. The Kier molecular flexibility index (Phi) is 4.32. The fourth-order valence-electron chi connectivity index (χ4n) is 2.46. The van der Waals surface area contributed by atoms with Crippen LogP contribution in [0.3, 0.4) is 0 Å². The van der Waals surface area contributed by atoms with Crippen LogP contribution in [0.5, 0.6) is 0 Å². The Morgan fingerprint density at radius 2 is 1.94 bits per heavy atom. The first-order valence-electron chi connectivity index (χ1n) is 6.84. The highest BCUT2D eigenvalue weighted by molar-refractivity contribution is 5.85. The molecule has 0 fully saturated rings. The molecule has 0 amide bonds. The number of nitrogens with zero attached hydrogens (tertiary/aromatic N) is 1. The zero-order valence-electron chi connectivity index (χ0n) is 11.5. The van der Waals surface area contributed by atoms with E-state index in [4.69, 9.17) is 0 Å². The summed E-state index contributed by atoms with van der Waals surface area (Å²) in [6.07, 6.45) is 5.13. The van der Waals surface area contributed by atoms with Crippen molar-refractivity contribution in [2.75, 3.05) is 6.54 Å². The molecular formula is C16H22N2. The molecule has 2 atom stereocenters. The predicted molar refractivity (Wildman–Crippen MR) is 77.6 cm³/mol. The Bertz CT molecular complexity index is 502. The molecule has 0 saturated carbocycles. The van der Waals surface area contributed by atoms with Crippen LogP contribution in [-0.2, 0) is 0 Å². The van der Waals surface area contributed by atoms with Crippen LogP contribution in [0, 0.1) is 5.92 Å². The molecule has 0 radical (unpaired) electrons. The smallest absolute Gasteiger partial charge is 0.0367 e. The molecule has 2 aromatic rings. The van der Waals surface area contributed by atoms with Crippen LogP contribution >= 0.6 is 0 Å². The topological polar surface area (TPSA) is 24.9 Å². The van der Waals surface area contributed by atoms with E-state index in [1.807, 2.05) is 12.4 Å². The molecule has 0 bridgehead atoms. The standard InChI is InChI=1S/C16H22N2/c1-4-12(3)16(18-5-2)15-11-17-10-13-8-6-7-9-14(13)15/h6-12,16,18H,4-5H2,1-3H3. The number of rotatable bonds is 5. The highest BCUT2D eigenvalue weighted by Gasteiger charge is 2.19. The molecule has 1 N–H and O–H groups in total. The molecule has 2 rings (SSSR count). The molecule has 1 aromatic carbocycles. The molecule has 0 aliphatic heterocycles. The maximum Gasteiger partial charge on any atom is 0.0367 e. The second-order valence-electron chi connectivity index (χ2n) is 4.87. The fourth-order valence-corrected chi connectivity index (χ4v) is 2.46. The molecule has 96 valence electrons. The van der Waals surface area contributed by atoms with E-state index in [0.29, 0.717) is 12.0 Å². The van der Waals surface area contributed by atoms with Crippen LogP contribution in [0.2, 0.25) is 0 Å². The first-order chi connectivity index (χ1) is 8.77. The van der Waals surface area contributed by atoms with Crippen LogP contribution in [0.15, 0.2) is 36.7 Å². The van der Waals surface area contributed by atoms with Gasteiger partial charge in [-0.05, 0) is 23.4 Å². The van der Waals surface area contributed by atoms with E-state index >= 15 is 0 Å². The van der Waals surface area contributed by atoms with Crippen molar-refractivity contribution >= 4 is 10.8 Å². The van der Waals surface area contributed by atoms with Crippen molar-refractivity contribution in [3.8, 4) is 0 Å². The van der Waals surface area contributed by atoms with E-state index in [2.05, 4.69) is 55.3 Å². The number of pyridine rings is 1. The monoisotopic (exact) mass is 242 g/mol. The lowest BCUT2D eigenvalue weighted by Gasteiger charge is -2.25. The Labute approximate surface area is 109 Å². The van der Waals surface area contributed by atoms with Gasteiger partial charge in [0, 0.05) is 23.8 Å². The number of fused-ring (bicyclic) bond motifs is 1. The van der Waals surface area contributed by atoms with Crippen LogP contribution in [0.25, 0.3) is 10.8 Å². The second-order valence-corrected chi connectivity index (χ2v) is 4.87. The van der Waals surface area contributed by atoms with Crippen LogP contribution in [-0.4, -0.2) is 11.5 Å². The number of aromatic nitrogens is 1. The minimum absolute atomic E-state index is 0.388.